The summed E-state index contributed by atoms with van der Waals surface area (Å²) < 4.78 is 15.3. The lowest BCUT2D eigenvalue weighted by atomic mass is 10.0. The Labute approximate surface area is 149 Å². The Balaban J connectivity index is 1.55. The Bertz CT molecular complexity index is 977. The van der Waals surface area contributed by atoms with Gasteiger partial charge in [-0.25, -0.2) is 9.37 Å². The van der Waals surface area contributed by atoms with E-state index in [1.807, 2.05) is 10.6 Å². The van der Waals surface area contributed by atoms with Crippen LogP contribution < -0.4 is 16.4 Å². The molecule has 0 radical (unpaired) electrons. The predicted molar refractivity (Wildman–Crippen MR) is 97.3 cm³/mol. The number of anilines is 2. The first kappa shape index (κ1) is 16.3. The van der Waals surface area contributed by atoms with E-state index in [4.69, 9.17) is 11.5 Å². The maximum absolute atomic E-state index is 13.4. The molecular weight excluding hydrogens is 335 g/mol. The van der Waals surface area contributed by atoms with Gasteiger partial charge in [0.1, 0.15) is 11.6 Å². The summed E-state index contributed by atoms with van der Waals surface area (Å²) in [6.45, 7) is 1.62. The Morgan fingerprint density at radius 3 is 2.65 bits per heavy atom. The topological polar surface area (TPSA) is 103 Å². The van der Waals surface area contributed by atoms with E-state index in [2.05, 4.69) is 14.9 Å². The monoisotopic (exact) mass is 354 g/mol. The second kappa shape index (κ2) is 6.29. The lowest BCUT2D eigenvalue weighted by Gasteiger charge is -2.35. The number of hydrogen-bond donors (Lipinski definition) is 2. The molecule has 0 spiro atoms. The lowest BCUT2D eigenvalue weighted by molar-refractivity contribution is 0.0997. The summed E-state index contributed by atoms with van der Waals surface area (Å²) in [6.07, 6.45) is 4.99. The quantitative estimate of drug-likeness (QED) is 0.750. The van der Waals surface area contributed by atoms with Gasteiger partial charge in [0.15, 0.2) is 5.69 Å². The van der Waals surface area contributed by atoms with Crippen LogP contribution >= 0.6 is 0 Å². The van der Waals surface area contributed by atoms with Gasteiger partial charge < -0.3 is 20.9 Å². The van der Waals surface area contributed by atoms with Gasteiger partial charge in [0.05, 0.1) is 11.8 Å². The van der Waals surface area contributed by atoms with Crippen LogP contribution in [0.2, 0.25) is 0 Å². The number of imidazole rings is 1. The minimum absolute atomic E-state index is 0.120. The summed E-state index contributed by atoms with van der Waals surface area (Å²) in [6, 6.07) is 6.79. The normalized spacial score (nSPS) is 15.5. The summed E-state index contributed by atoms with van der Waals surface area (Å²) in [5.41, 5.74) is 13.1. The van der Waals surface area contributed by atoms with Crippen molar-refractivity contribution in [2.24, 2.45) is 5.73 Å². The van der Waals surface area contributed by atoms with Gasteiger partial charge in [-0.2, -0.15) is 0 Å². The first-order chi connectivity index (χ1) is 12.5. The number of benzene rings is 1. The third-order valence-electron chi connectivity index (χ3n) is 4.95. The molecule has 1 fully saturated rings. The van der Waals surface area contributed by atoms with Gasteiger partial charge in [-0.3, -0.25) is 9.78 Å². The SMILES string of the molecule is NC(=O)c1ncn(C2CCN(c3ccnc4cc(F)ccc34)CC2)c1N. The third kappa shape index (κ3) is 2.73. The van der Waals surface area contributed by atoms with Gasteiger partial charge in [0.25, 0.3) is 5.91 Å². The molecule has 3 heterocycles. The molecule has 1 aromatic carbocycles. The van der Waals surface area contributed by atoms with Crippen LogP contribution in [0.4, 0.5) is 15.9 Å². The van der Waals surface area contributed by atoms with Crippen molar-refractivity contribution in [3.05, 3.63) is 48.3 Å². The molecule has 0 atom stereocenters. The molecule has 2 aromatic heterocycles. The van der Waals surface area contributed by atoms with E-state index in [0.29, 0.717) is 11.3 Å². The Hall–Kier alpha value is -3.16. The zero-order chi connectivity index (χ0) is 18.3. The molecule has 0 unspecified atom stereocenters. The number of halogens is 1. The first-order valence-electron chi connectivity index (χ1n) is 8.46. The zero-order valence-corrected chi connectivity index (χ0v) is 14.1. The Morgan fingerprint density at radius 1 is 1.19 bits per heavy atom. The number of carbonyl (C=O) groups is 1. The third-order valence-corrected chi connectivity index (χ3v) is 4.95. The maximum Gasteiger partial charge on any atom is 0.271 e. The largest absolute Gasteiger partial charge is 0.383 e. The average Bonchev–Trinajstić information content (AvgIpc) is 3.03. The van der Waals surface area contributed by atoms with Crippen LogP contribution in [-0.2, 0) is 0 Å². The summed E-state index contributed by atoms with van der Waals surface area (Å²) in [5.74, 6) is -0.586. The van der Waals surface area contributed by atoms with E-state index in [-0.39, 0.29) is 17.6 Å². The number of fused-ring (bicyclic) bond motifs is 1. The van der Waals surface area contributed by atoms with Crippen molar-refractivity contribution in [1.29, 1.82) is 0 Å². The van der Waals surface area contributed by atoms with E-state index < -0.39 is 5.91 Å². The number of nitrogens with zero attached hydrogens (tertiary/aromatic N) is 4. The Kier molecular flexibility index (Phi) is 3.95. The smallest absolute Gasteiger partial charge is 0.271 e. The summed E-state index contributed by atoms with van der Waals surface area (Å²) in [4.78, 5) is 21.9. The molecule has 1 aliphatic heterocycles. The number of primary amides is 1. The highest BCUT2D eigenvalue weighted by atomic mass is 19.1. The highest BCUT2D eigenvalue weighted by Gasteiger charge is 2.25. The molecule has 134 valence electrons. The lowest BCUT2D eigenvalue weighted by Crippen LogP contribution is -2.35. The standard InChI is InChI=1S/C18H19FN6O/c19-11-1-2-13-14(9-11)22-6-3-15(13)24-7-4-12(5-8-24)25-10-23-16(17(25)20)18(21)26/h1-3,6,9-10,12H,4-5,7-8,20H2,(H2,21,26). The fourth-order valence-electron chi connectivity index (χ4n) is 3.62. The van der Waals surface area contributed by atoms with E-state index in [1.165, 1.54) is 12.1 Å². The molecule has 26 heavy (non-hydrogen) atoms. The van der Waals surface area contributed by atoms with Gasteiger partial charge in [0.2, 0.25) is 0 Å². The zero-order valence-electron chi connectivity index (χ0n) is 14.1. The summed E-state index contributed by atoms with van der Waals surface area (Å²) >= 11 is 0. The van der Waals surface area contributed by atoms with Gasteiger partial charge in [-0.05, 0) is 31.0 Å². The molecular formula is C18H19FN6O. The number of piperidine rings is 1. The fourth-order valence-corrected chi connectivity index (χ4v) is 3.62. The minimum atomic E-state index is -0.617. The molecule has 7 nitrogen and oxygen atoms in total. The molecule has 0 bridgehead atoms. The number of pyridine rings is 1. The number of rotatable bonds is 3. The maximum atomic E-state index is 13.4. The Morgan fingerprint density at radius 2 is 1.96 bits per heavy atom. The van der Waals surface area contributed by atoms with Crippen LogP contribution in [0.5, 0.6) is 0 Å². The van der Waals surface area contributed by atoms with Crippen molar-refractivity contribution in [1.82, 2.24) is 14.5 Å². The number of carbonyl (C=O) groups excluding carboxylic acids is 1. The van der Waals surface area contributed by atoms with Crippen molar-refractivity contribution in [3.63, 3.8) is 0 Å². The average molecular weight is 354 g/mol. The number of nitrogens with two attached hydrogens (primary N) is 2. The molecule has 0 saturated carbocycles. The van der Waals surface area contributed by atoms with E-state index in [9.17, 15) is 9.18 Å². The van der Waals surface area contributed by atoms with Crippen molar-refractivity contribution >= 4 is 28.3 Å². The van der Waals surface area contributed by atoms with E-state index in [1.54, 1.807) is 18.6 Å². The van der Waals surface area contributed by atoms with Gasteiger partial charge in [-0.1, -0.05) is 0 Å². The number of hydrogen-bond acceptors (Lipinski definition) is 5. The molecule has 3 aromatic rings. The second-order valence-electron chi connectivity index (χ2n) is 6.46. The highest BCUT2D eigenvalue weighted by molar-refractivity contribution is 5.95. The van der Waals surface area contributed by atoms with Gasteiger partial charge >= 0.3 is 0 Å². The molecule has 1 aliphatic rings. The number of aromatic nitrogens is 3. The predicted octanol–water partition coefficient (Wildman–Crippen LogP) is 2.09. The first-order valence-corrected chi connectivity index (χ1v) is 8.46. The van der Waals surface area contributed by atoms with E-state index in [0.717, 1.165) is 37.0 Å². The molecule has 8 heteroatoms. The highest BCUT2D eigenvalue weighted by Crippen LogP contribution is 2.32. The molecule has 0 aliphatic carbocycles. The van der Waals surface area contributed by atoms with Crippen LogP contribution in [-0.4, -0.2) is 33.5 Å². The summed E-state index contributed by atoms with van der Waals surface area (Å²) in [7, 11) is 0. The van der Waals surface area contributed by atoms with Gasteiger partial charge in [0, 0.05) is 42.5 Å². The van der Waals surface area contributed by atoms with Crippen LogP contribution in [0.3, 0.4) is 0 Å². The second-order valence-corrected chi connectivity index (χ2v) is 6.46. The molecule has 4 N–H and O–H groups in total. The summed E-state index contributed by atoms with van der Waals surface area (Å²) in [5, 5.41) is 0.936. The van der Waals surface area contributed by atoms with Crippen molar-refractivity contribution in [3.8, 4) is 0 Å². The van der Waals surface area contributed by atoms with Crippen molar-refractivity contribution in [2.75, 3.05) is 23.7 Å². The van der Waals surface area contributed by atoms with Crippen LogP contribution in [0, 0.1) is 5.82 Å². The van der Waals surface area contributed by atoms with Crippen LogP contribution in [0.1, 0.15) is 29.4 Å². The fraction of sp³-hybridized carbons (Fsp3) is 0.278. The van der Waals surface area contributed by atoms with Crippen LogP contribution in [0.25, 0.3) is 10.9 Å². The van der Waals surface area contributed by atoms with Crippen molar-refractivity contribution < 1.29 is 9.18 Å². The van der Waals surface area contributed by atoms with E-state index >= 15 is 0 Å². The van der Waals surface area contributed by atoms with Crippen molar-refractivity contribution in [2.45, 2.75) is 18.9 Å². The molecule has 1 saturated heterocycles. The number of amides is 1. The van der Waals surface area contributed by atoms with Gasteiger partial charge in [-0.15, -0.1) is 0 Å². The minimum Gasteiger partial charge on any atom is -0.383 e. The molecule has 4 rings (SSSR count). The molecule has 1 amide bonds. The van der Waals surface area contributed by atoms with Crippen LogP contribution in [0.15, 0.2) is 36.8 Å². The number of nitrogen functional groups attached to an aromatic ring is 1.